The van der Waals surface area contributed by atoms with Gasteiger partial charge in [0.2, 0.25) is 5.91 Å². The maximum atomic E-state index is 11.2. The van der Waals surface area contributed by atoms with Crippen LogP contribution in [0.4, 0.5) is 0 Å². The molecule has 0 fully saturated rings. The number of rotatable bonds is 4. The van der Waals surface area contributed by atoms with Crippen LogP contribution < -0.4 is 11.5 Å². The molecule has 4 nitrogen and oxygen atoms in total. The number of carbonyl (C=O) groups is 1. The van der Waals surface area contributed by atoms with Crippen molar-refractivity contribution in [1.29, 1.82) is 0 Å². The van der Waals surface area contributed by atoms with Crippen molar-refractivity contribution in [2.45, 2.75) is 44.8 Å². The molecule has 2 unspecified atom stereocenters. The smallest absolute Gasteiger partial charge is 0.234 e. The Balaban J connectivity index is 2.08. The number of fused-ring (bicyclic) bond motifs is 1. The van der Waals surface area contributed by atoms with Crippen molar-refractivity contribution in [2.75, 3.05) is 7.05 Å². The van der Waals surface area contributed by atoms with Crippen LogP contribution in [0, 0.1) is 0 Å². The van der Waals surface area contributed by atoms with Gasteiger partial charge >= 0.3 is 0 Å². The molecule has 0 aromatic heterocycles. The molecule has 0 saturated carbocycles. The molecular weight excluding hydrogens is 238 g/mol. The zero-order valence-electron chi connectivity index (χ0n) is 11.7. The summed E-state index contributed by atoms with van der Waals surface area (Å²) in [6.45, 7) is 2.57. The molecule has 0 heterocycles. The van der Waals surface area contributed by atoms with Crippen LogP contribution in [0.25, 0.3) is 0 Å². The molecule has 0 saturated heterocycles. The third-order valence-corrected chi connectivity index (χ3v) is 4.04. The second-order valence-electron chi connectivity index (χ2n) is 5.60. The van der Waals surface area contributed by atoms with E-state index in [2.05, 4.69) is 18.2 Å². The predicted molar refractivity (Wildman–Crippen MR) is 76.6 cm³/mol. The summed E-state index contributed by atoms with van der Waals surface area (Å²) in [5, 5.41) is 0. The third-order valence-electron chi connectivity index (χ3n) is 4.04. The number of benzene rings is 1. The van der Waals surface area contributed by atoms with Gasteiger partial charge in [0.25, 0.3) is 0 Å². The zero-order valence-corrected chi connectivity index (χ0v) is 11.7. The fraction of sp³-hybridized carbons (Fsp3) is 0.533. The second-order valence-corrected chi connectivity index (χ2v) is 5.60. The topological polar surface area (TPSA) is 72.4 Å². The molecule has 0 radical (unpaired) electrons. The Kier molecular flexibility index (Phi) is 4.22. The Morgan fingerprint density at radius 2 is 2.21 bits per heavy atom. The first-order valence-electron chi connectivity index (χ1n) is 6.83. The zero-order chi connectivity index (χ0) is 14.0. The maximum Gasteiger partial charge on any atom is 0.234 e. The number of primary amides is 1. The minimum Gasteiger partial charge on any atom is -0.368 e. The van der Waals surface area contributed by atoms with Gasteiger partial charge in [-0.1, -0.05) is 18.2 Å². The summed E-state index contributed by atoms with van der Waals surface area (Å²) in [6.07, 6.45) is 3.09. The summed E-state index contributed by atoms with van der Waals surface area (Å²) in [7, 11) is 1.92. The van der Waals surface area contributed by atoms with Gasteiger partial charge in [0.1, 0.15) is 0 Å². The first-order valence-corrected chi connectivity index (χ1v) is 6.83. The molecule has 1 amide bonds. The normalized spacial score (nSPS) is 20.1. The van der Waals surface area contributed by atoms with Crippen LogP contribution in [-0.2, 0) is 24.2 Å². The van der Waals surface area contributed by atoms with Gasteiger partial charge < -0.3 is 11.5 Å². The average molecular weight is 261 g/mol. The van der Waals surface area contributed by atoms with E-state index in [1.54, 1.807) is 0 Å². The second kappa shape index (κ2) is 5.72. The van der Waals surface area contributed by atoms with Crippen LogP contribution in [-0.4, -0.2) is 29.9 Å². The van der Waals surface area contributed by atoms with Gasteiger partial charge in [-0.15, -0.1) is 0 Å². The number of aryl methyl sites for hydroxylation is 1. The molecular formula is C15H23N3O. The van der Waals surface area contributed by atoms with Crippen LogP contribution in [0.1, 0.15) is 30.0 Å². The number of carbonyl (C=O) groups excluding carboxylic acids is 1. The summed E-state index contributed by atoms with van der Waals surface area (Å²) in [5.74, 6) is -0.286. The number of amides is 1. The van der Waals surface area contributed by atoms with Gasteiger partial charge in [-0.05, 0) is 49.9 Å². The number of nitrogens with two attached hydrogens (primary N) is 2. The molecule has 19 heavy (non-hydrogen) atoms. The third kappa shape index (κ3) is 3.33. The highest BCUT2D eigenvalue weighted by Crippen LogP contribution is 2.22. The first kappa shape index (κ1) is 14.0. The highest BCUT2D eigenvalue weighted by molar-refractivity contribution is 5.79. The molecule has 2 atom stereocenters. The lowest BCUT2D eigenvalue weighted by Crippen LogP contribution is -2.39. The van der Waals surface area contributed by atoms with Gasteiger partial charge in [0.05, 0.1) is 6.04 Å². The SMILES string of the molecule is CC(C(N)=O)N(C)Cc1ccc2c(c1)CCC(N)C2. The van der Waals surface area contributed by atoms with Crippen LogP contribution in [0.5, 0.6) is 0 Å². The molecule has 4 heteroatoms. The lowest BCUT2D eigenvalue weighted by Gasteiger charge is -2.25. The van der Waals surface area contributed by atoms with Crippen molar-refractivity contribution >= 4 is 5.91 Å². The number of nitrogens with zero attached hydrogens (tertiary/aromatic N) is 1. The monoisotopic (exact) mass is 261 g/mol. The summed E-state index contributed by atoms with van der Waals surface area (Å²) in [4.78, 5) is 13.1. The molecule has 104 valence electrons. The van der Waals surface area contributed by atoms with Crippen LogP contribution >= 0.6 is 0 Å². The van der Waals surface area contributed by atoms with Gasteiger partial charge in [0.15, 0.2) is 0 Å². The van der Waals surface area contributed by atoms with Crippen LogP contribution in [0.15, 0.2) is 18.2 Å². The lowest BCUT2D eigenvalue weighted by molar-refractivity contribution is -0.122. The van der Waals surface area contributed by atoms with Crippen molar-refractivity contribution in [3.63, 3.8) is 0 Å². The molecule has 4 N–H and O–H groups in total. The van der Waals surface area contributed by atoms with Crippen molar-refractivity contribution < 1.29 is 4.79 Å². The van der Waals surface area contributed by atoms with Crippen molar-refractivity contribution in [2.24, 2.45) is 11.5 Å². The summed E-state index contributed by atoms with van der Waals surface area (Å²) >= 11 is 0. The standard InChI is InChI=1S/C15H23N3O/c1-10(15(17)19)18(2)9-11-3-4-13-8-14(16)6-5-12(13)7-11/h3-4,7,10,14H,5-6,8-9,16H2,1-2H3,(H2,17,19). The molecule has 2 rings (SSSR count). The number of likely N-dealkylation sites (N-methyl/N-ethyl adjacent to an activating group) is 1. The lowest BCUT2D eigenvalue weighted by atomic mass is 9.87. The van der Waals surface area contributed by atoms with Gasteiger partial charge in [0, 0.05) is 12.6 Å². The van der Waals surface area contributed by atoms with Gasteiger partial charge in [-0.2, -0.15) is 0 Å². The predicted octanol–water partition coefficient (Wildman–Crippen LogP) is 0.808. The fourth-order valence-electron chi connectivity index (χ4n) is 2.58. The minimum absolute atomic E-state index is 0.246. The van der Waals surface area contributed by atoms with E-state index >= 15 is 0 Å². The van der Waals surface area contributed by atoms with Crippen molar-refractivity contribution in [3.05, 3.63) is 34.9 Å². The largest absolute Gasteiger partial charge is 0.368 e. The molecule has 1 aliphatic carbocycles. The first-order chi connectivity index (χ1) is 8.97. The Bertz CT molecular complexity index is 472. The fourth-order valence-corrected chi connectivity index (χ4v) is 2.58. The Hall–Kier alpha value is -1.39. The Morgan fingerprint density at radius 1 is 1.47 bits per heavy atom. The molecule has 0 aliphatic heterocycles. The molecule has 1 aromatic rings. The van der Waals surface area contributed by atoms with E-state index in [1.807, 2.05) is 18.9 Å². The van der Waals surface area contributed by atoms with Crippen LogP contribution in [0.3, 0.4) is 0 Å². The molecule has 0 spiro atoms. The number of hydrogen-bond donors (Lipinski definition) is 2. The summed E-state index contributed by atoms with van der Waals surface area (Å²) in [6, 6.07) is 6.60. The molecule has 1 aromatic carbocycles. The highest BCUT2D eigenvalue weighted by atomic mass is 16.1. The van der Waals surface area contributed by atoms with E-state index in [-0.39, 0.29) is 11.9 Å². The summed E-state index contributed by atoms with van der Waals surface area (Å²) < 4.78 is 0. The minimum atomic E-state index is -0.286. The van der Waals surface area contributed by atoms with E-state index in [4.69, 9.17) is 11.5 Å². The van der Waals surface area contributed by atoms with Crippen LogP contribution in [0.2, 0.25) is 0 Å². The maximum absolute atomic E-state index is 11.2. The van der Waals surface area contributed by atoms with Gasteiger partial charge in [-0.25, -0.2) is 0 Å². The van der Waals surface area contributed by atoms with E-state index < -0.39 is 0 Å². The van der Waals surface area contributed by atoms with Crippen molar-refractivity contribution in [1.82, 2.24) is 4.90 Å². The Morgan fingerprint density at radius 3 is 2.89 bits per heavy atom. The average Bonchev–Trinajstić information content (AvgIpc) is 2.37. The van der Waals surface area contributed by atoms with E-state index in [1.165, 1.54) is 16.7 Å². The van der Waals surface area contributed by atoms with E-state index in [9.17, 15) is 4.79 Å². The Labute approximate surface area is 114 Å². The molecule has 0 bridgehead atoms. The number of hydrogen-bond acceptors (Lipinski definition) is 3. The highest BCUT2D eigenvalue weighted by Gasteiger charge is 2.18. The van der Waals surface area contributed by atoms with E-state index in [0.29, 0.717) is 6.04 Å². The van der Waals surface area contributed by atoms with Gasteiger partial charge in [-0.3, -0.25) is 9.69 Å². The quantitative estimate of drug-likeness (QED) is 0.842. The van der Waals surface area contributed by atoms with Crippen molar-refractivity contribution in [3.8, 4) is 0 Å². The summed E-state index contributed by atoms with van der Waals surface area (Å²) in [5.41, 5.74) is 15.3. The molecule has 1 aliphatic rings. The van der Waals surface area contributed by atoms with E-state index in [0.717, 1.165) is 25.8 Å².